The van der Waals surface area contributed by atoms with Gasteiger partial charge in [0.05, 0.1) is 17.7 Å². The van der Waals surface area contributed by atoms with Crippen LogP contribution in [0.15, 0.2) is 67.0 Å². The molecule has 1 unspecified atom stereocenters. The first kappa shape index (κ1) is 15.0. The number of hydrogen-bond acceptors (Lipinski definition) is 2. The summed E-state index contributed by atoms with van der Waals surface area (Å²) in [6, 6.07) is 18.7. The number of aromatic nitrogens is 2. The van der Waals surface area contributed by atoms with Gasteiger partial charge in [-0.25, -0.2) is 9.78 Å². The van der Waals surface area contributed by atoms with E-state index in [-0.39, 0.29) is 6.42 Å². The highest BCUT2D eigenvalue weighted by Gasteiger charge is 2.24. The van der Waals surface area contributed by atoms with E-state index in [0.29, 0.717) is 0 Å². The summed E-state index contributed by atoms with van der Waals surface area (Å²) in [5.41, 5.74) is 3.46. The van der Waals surface area contributed by atoms with Crippen LogP contribution in [0.2, 0.25) is 0 Å². The van der Waals surface area contributed by atoms with Crippen molar-refractivity contribution in [1.82, 2.24) is 9.55 Å². The molecule has 115 valence electrons. The average Bonchev–Trinajstić information content (AvgIpc) is 3.01. The van der Waals surface area contributed by atoms with Gasteiger partial charge in [0.15, 0.2) is 0 Å². The summed E-state index contributed by atoms with van der Waals surface area (Å²) < 4.78 is 1.70. The van der Waals surface area contributed by atoms with E-state index in [0.717, 1.165) is 22.5 Å². The number of benzene rings is 2. The first-order valence-electron chi connectivity index (χ1n) is 7.42. The summed E-state index contributed by atoms with van der Waals surface area (Å²) >= 11 is 0. The zero-order valence-corrected chi connectivity index (χ0v) is 12.6. The van der Waals surface area contributed by atoms with E-state index in [4.69, 9.17) is 0 Å². The Balaban J connectivity index is 2.23. The largest absolute Gasteiger partial charge is 0.480 e. The Morgan fingerprint density at radius 1 is 1.04 bits per heavy atom. The maximum absolute atomic E-state index is 11.6. The highest BCUT2D eigenvalue weighted by atomic mass is 16.4. The number of carbonyl (C=O) groups is 1. The van der Waals surface area contributed by atoms with Crippen molar-refractivity contribution in [3.8, 4) is 22.5 Å². The molecule has 1 radical (unpaired) electrons. The van der Waals surface area contributed by atoms with Crippen molar-refractivity contribution in [2.24, 2.45) is 0 Å². The lowest BCUT2D eigenvalue weighted by Crippen LogP contribution is -2.18. The summed E-state index contributed by atoms with van der Waals surface area (Å²) in [7, 11) is 0. The van der Waals surface area contributed by atoms with Crippen molar-refractivity contribution in [2.75, 3.05) is 0 Å². The predicted molar refractivity (Wildman–Crippen MR) is 89.7 cm³/mol. The lowest BCUT2D eigenvalue weighted by molar-refractivity contribution is -0.140. The van der Waals surface area contributed by atoms with Gasteiger partial charge in [0.25, 0.3) is 0 Å². The van der Waals surface area contributed by atoms with Crippen LogP contribution < -0.4 is 0 Å². The number of rotatable bonds is 5. The first-order chi connectivity index (χ1) is 11.2. The second-order valence-electron chi connectivity index (χ2n) is 5.22. The van der Waals surface area contributed by atoms with Crippen LogP contribution in [-0.4, -0.2) is 20.6 Å². The van der Waals surface area contributed by atoms with Crippen LogP contribution in [0.5, 0.6) is 0 Å². The van der Waals surface area contributed by atoms with Gasteiger partial charge < -0.3 is 9.67 Å². The van der Waals surface area contributed by atoms with Crippen molar-refractivity contribution in [3.05, 3.63) is 73.9 Å². The van der Waals surface area contributed by atoms with Gasteiger partial charge in [-0.05, 0) is 6.42 Å². The molecule has 3 aromatic rings. The second-order valence-corrected chi connectivity index (χ2v) is 5.22. The van der Waals surface area contributed by atoms with Crippen LogP contribution in [-0.2, 0) is 4.79 Å². The molecule has 1 heterocycles. The summed E-state index contributed by atoms with van der Waals surface area (Å²) in [6.45, 7) is 3.77. The molecule has 1 aromatic heterocycles. The van der Waals surface area contributed by atoms with E-state index < -0.39 is 12.0 Å². The van der Waals surface area contributed by atoms with E-state index in [1.165, 1.54) is 0 Å². The molecule has 4 nitrogen and oxygen atoms in total. The molecule has 2 aromatic carbocycles. The van der Waals surface area contributed by atoms with Crippen LogP contribution in [0.4, 0.5) is 0 Å². The van der Waals surface area contributed by atoms with Crippen LogP contribution in [0, 0.1) is 6.92 Å². The Labute approximate surface area is 135 Å². The van der Waals surface area contributed by atoms with E-state index in [1.807, 2.05) is 60.7 Å². The molecule has 0 aliphatic rings. The standard InChI is InChI=1S/C19H17N2O2/c1-2-16(19(22)23)21-13-20-17(14-9-5-3-6-10-14)18(21)15-11-7-4-8-12-15/h3-13,16H,1-2H2,(H,22,23). The lowest BCUT2D eigenvalue weighted by atomic mass is 10.0. The van der Waals surface area contributed by atoms with Gasteiger partial charge in [0.1, 0.15) is 6.04 Å². The molecule has 23 heavy (non-hydrogen) atoms. The Bertz CT molecular complexity index is 795. The van der Waals surface area contributed by atoms with Gasteiger partial charge in [-0.1, -0.05) is 67.6 Å². The molecule has 0 spiro atoms. The maximum Gasteiger partial charge on any atom is 0.326 e. The SMILES string of the molecule is [CH2]CC(C(=O)O)n1cnc(-c2ccccc2)c1-c1ccccc1. The number of carboxylic acids is 1. The van der Waals surface area contributed by atoms with Crippen molar-refractivity contribution in [3.63, 3.8) is 0 Å². The summed E-state index contributed by atoms with van der Waals surface area (Å²) in [5, 5.41) is 9.49. The molecule has 1 atom stereocenters. The summed E-state index contributed by atoms with van der Waals surface area (Å²) in [6.07, 6.45) is 1.84. The molecule has 3 rings (SSSR count). The lowest BCUT2D eigenvalue weighted by Gasteiger charge is -2.16. The fourth-order valence-corrected chi connectivity index (χ4v) is 2.67. The topological polar surface area (TPSA) is 55.1 Å². The molecular formula is C19H17N2O2. The predicted octanol–water partition coefficient (Wildman–Crippen LogP) is 4.07. The molecule has 0 saturated carbocycles. The van der Waals surface area contributed by atoms with E-state index in [2.05, 4.69) is 11.9 Å². The third-order valence-corrected chi connectivity index (χ3v) is 3.78. The number of hydrogen-bond donors (Lipinski definition) is 1. The maximum atomic E-state index is 11.6. The molecular weight excluding hydrogens is 288 g/mol. The Hall–Kier alpha value is -2.88. The smallest absolute Gasteiger partial charge is 0.326 e. The number of aliphatic carboxylic acids is 1. The fraction of sp³-hybridized carbons (Fsp3) is 0.105. The highest BCUT2D eigenvalue weighted by Crippen LogP contribution is 2.33. The molecule has 0 aliphatic carbocycles. The van der Waals surface area contributed by atoms with Crippen molar-refractivity contribution in [2.45, 2.75) is 12.5 Å². The number of nitrogens with zero attached hydrogens (tertiary/aromatic N) is 2. The quantitative estimate of drug-likeness (QED) is 0.773. The van der Waals surface area contributed by atoms with Crippen LogP contribution in [0.25, 0.3) is 22.5 Å². The van der Waals surface area contributed by atoms with Gasteiger partial charge in [-0.2, -0.15) is 0 Å². The number of imidazole rings is 1. The number of carboxylic acid groups (broad SMARTS) is 1. The van der Waals surface area contributed by atoms with E-state index in [1.54, 1.807) is 10.9 Å². The zero-order valence-electron chi connectivity index (χ0n) is 12.6. The van der Waals surface area contributed by atoms with Crippen molar-refractivity contribution >= 4 is 5.97 Å². The molecule has 0 fully saturated rings. The van der Waals surface area contributed by atoms with E-state index >= 15 is 0 Å². The molecule has 0 bridgehead atoms. The molecule has 4 heteroatoms. The second kappa shape index (κ2) is 6.48. The van der Waals surface area contributed by atoms with Crippen LogP contribution >= 0.6 is 0 Å². The molecule has 1 N–H and O–H groups in total. The Kier molecular flexibility index (Phi) is 4.24. The van der Waals surface area contributed by atoms with Crippen molar-refractivity contribution < 1.29 is 9.90 Å². The molecule has 0 amide bonds. The monoisotopic (exact) mass is 305 g/mol. The third kappa shape index (κ3) is 2.88. The Morgan fingerprint density at radius 2 is 1.61 bits per heavy atom. The minimum Gasteiger partial charge on any atom is -0.480 e. The molecule has 0 aliphatic heterocycles. The average molecular weight is 305 g/mol. The van der Waals surface area contributed by atoms with E-state index in [9.17, 15) is 9.90 Å². The zero-order chi connectivity index (χ0) is 16.2. The van der Waals surface area contributed by atoms with Gasteiger partial charge in [0.2, 0.25) is 0 Å². The summed E-state index contributed by atoms with van der Waals surface area (Å²) in [4.78, 5) is 16.1. The summed E-state index contributed by atoms with van der Waals surface area (Å²) in [5.74, 6) is -0.908. The van der Waals surface area contributed by atoms with Crippen LogP contribution in [0.3, 0.4) is 0 Å². The normalized spacial score (nSPS) is 12.0. The first-order valence-corrected chi connectivity index (χ1v) is 7.42. The Morgan fingerprint density at radius 3 is 2.13 bits per heavy atom. The van der Waals surface area contributed by atoms with Gasteiger partial charge >= 0.3 is 5.97 Å². The van der Waals surface area contributed by atoms with Gasteiger partial charge in [-0.3, -0.25) is 0 Å². The third-order valence-electron chi connectivity index (χ3n) is 3.78. The fourth-order valence-electron chi connectivity index (χ4n) is 2.67. The van der Waals surface area contributed by atoms with Gasteiger partial charge in [0, 0.05) is 11.1 Å². The minimum absolute atomic E-state index is 0.250. The van der Waals surface area contributed by atoms with Crippen LogP contribution in [0.1, 0.15) is 12.5 Å². The highest BCUT2D eigenvalue weighted by molar-refractivity contribution is 5.81. The minimum atomic E-state index is -0.908. The van der Waals surface area contributed by atoms with Gasteiger partial charge in [-0.15, -0.1) is 0 Å². The molecule has 0 saturated heterocycles. The van der Waals surface area contributed by atoms with Crippen molar-refractivity contribution in [1.29, 1.82) is 0 Å².